The highest BCUT2D eigenvalue weighted by molar-refractivity contribution is 5.81. The third-order valence-corrected chi connectivity index (χ3v) is 2.14. The predicted octanol–water partition coefficient (Wildman–Crippen LogP) is 1.57. The third-order valence-electron chi connectivity index (χ3n) is 2.14. The van der Waals surface area contributed by atoms with E-state index in [0.717, 1.165) is 5.39 Å². The van der Waals surface area contributed by atoms with Crippen LogP contribution in [0.15, 0.2) is 30.3 Å². The van der Waals surface area contributed by atoms with Crippen molar-refractivity contribution in [3.8, 4) is 11.9 Å². The van der Waals surface area contributed by atoms with Crippen LogP contribution >= 0.6 is 0 Å². The minimum Gasteiger partial charge on any atom is -0.479 e. The Labute approximate surface area is 96.9 Å². The zero-order valence-electron chi connectivity index (χ0n) is 8.75. The number of hydrogen-bond donors (Lipinski definition) is 1. The summed E-state index contributed by atoms with van der Waals surface area (Å²) in [6.07, 6.45) is 0. The molecule has 2 rings (SSSR count). The Bertz CT molecular complexity index is 617. The molecule has 1 N–H and O–H groups in total. The van der Waals surface area contributed by atoms with Gasteiger partial charge in [-0.2, -0.15) is 5.26 Å². The summed E-state index contributed by atoms with van der Waals surface area (Å²) in [5.74, 6) is -1.06. The van der Waals surface area contributed by atoms with Crippen molar-refractivity contribution in [1.82, 2.24) is 4.98 Å². The second kappa shape index (κ2) is 4.49. The summed E-state index contributed by atoms with van der Waals surface area (Å²) in [6.45, 7) is -0.514. The van der Waals surface area contributed by atoms with E-state index in [2.05, 4.69) is 4.98 Å². The van der Waals surface area contributed by atoms with Gasteiger partial charge in [-0.25, -0.2) is 9.78 Å². The van der Waals surface area contributed by atoms with Crippen LogP contribution in [-0.4, -0.2) is 22.7 Å². The largest absolute Gasteiger partial charge is 0.479 e. The fraction of sp³-hybridized carbons (Fsp3) is 0.0833. The van der Waals surface area contributed by atoms with Gasteiger partial charge in [0.15, 0.2) is 6.61 Å². The number of rotatable bonds is 3. The van der Waals surface area contributed by atoms with Gasteiger partial charge in [0.05, 0.1) is 5.52 Å². The lowest BCUT2D eigenvalue weighted by Gasteiger charge is -2.05. The summed E-state index contributed by atoms with van der Waals surface area (Å²) in [4.78, 5) is 14.5. The van der Waals surface area contributed by atoms with Crippen LogP contribution in [-0.2, 0) is 4.79 Å². The van der Waals surface area contributed by atoms with Gasteiger partial charge in [-0.3, -0.25) is 0 Å². The van der Waals surface area contributed by atoms with Crippen molar-refractivity contribution in [2.75, 3.05) is 6.61 Å². The molecule has 0 saturated heterocycles. The summed E-state index contributed by atoms with van der Waals surface area (Å²) in [7, 11) is 0. The van der Waals surface area contributed by atoms with E-state index in [-0.39, 0.29) is 11.4 Å². The van der Waals surface area contributed by atoms with E-state index in [1.807, 2.05) is 24.3 Å². The number of para-hydroxylation sites is 1. The summed E-state index contributed by atoms with van der Waals surface area (Å²) in [6, 6.07) is 10.8. The molecule has 1 heterocycles. The summed E-state index contributed by atoms with van der Waals surface area (Å²) >= 11 is 0. The molecule has 0 aliphatic heterocycles. The van der Waals surface area contributed by atoms with Crippen molar-refractivity contribution in [3.05, 3.63) is 35.9 Å². The molecule has 5 nitrogen and oxygen atoms in total. The Morgan fingerprint density at radius 2 is 2.24 bits per heavy atom. The van der Waals surface area contributed by atoms with Crippen LogP contribution in [0, 0.1) is 11.3 Å². The zero-order valence-corrected chi connectivity index (χ0v) is 8.75. The molecule has 0 radical (unpaired) electrons. The minimum atomic E-state index is -1.11. The number of carbonyl (C=O) groups is 1. The number of aromatic nitrogens is 1. The monoisotopic (exact) mass is 228 g/mol. The van der Waals surface area contributed by atoms with Gasteiger partial charge in [0.25, 0.3) is 0 Å². The van der Waals surface area contributed by atoms with E-state index in [0.29, 0.717) is 5.52 Å². The Morgan fingerprint density at radius 3 is 2.94 bits per heavy atom. The first-order valence-corrected chi connectivity index (χ1v) is 4.85. The molecule has 0 amide bonds. The Balaban J connectivity index is 2.46. The van der Waals surface area contributed by atoms with E-state index in [1.54, 1.807) is 12.1 Å². The first-order valence-electron chi connectivity index (χ1n) is 4.85. The molecule has 1 aromatic carbocycles. The highest BCUT2D eigenvalue weighted by Crippen LogP contribution is 2.21. The first-order chi connectivity index (χ1) is 8.20. The lowest BCUT2D eigenvalue weighted by atomic mass is 10.1. The molecule has 1 aromatic heterocycles. The van der Waals surface area contributed by atoms with Crippen molar-refractivity contribution >= 4 is 16.9 Å². The fourth-order valence-electron chi connectivity index (χ4n) is 1.42. The molecule has 0 bridgehead atoms. The van der Waals surface area contributed by atoms with E-state index < -0.39 is 12.6 Å². The average Bonchev–Trinajstić information content (AvgIpc) is 2.35. The van der Waals surface area contributed by atoms with Gasteiger partial charge in [0.2, 0.25) is 5.88 Å². The topological polar surface area (TPSA) is 83.2 Å². The second-order valence-corrected chi connectivity index (χ2v) is 3.33. The van der Waals surface area contributed by atoms with Gasteiger partial charge in [-0.05, 0) is 12.1 Å². The molecule has 0 fully saturated rings. The first kappa shape index (κ1) is 10.9. The van der Waals surface area contributed by atoms with E-state index in [1.165, 1.54) is 0 Å². The third kappa shape index (κ3) is 2.32. The fourth-order valence-corrected chi connectivity index (χ4v) is 1.42. The number of ether oxygens (including phenoxy) is 1. The number of carboxylic acid groups (broad SMARTS) is 1. The number of carboxylic acids is 1. The number of pyridine rings is 1. The molecular formula is C12H8N2O3. The number of nitriles is 1. The number of nitrogens with zero attached hydrogens (tertiary/aromatic N) is 2. The molecular weight excluding hydrogens is 220 g/mol. The quantitative estimate of drug-likeness (QED) is 0.862. The maximum atomic E-state index is 10.4. The van der Waals surface area contributed by atoms with E-state index in [9.17, 15) is 4.79 Å². The van der Waals surface area contributed by atoms with Crippen molar-refractivity contribution in [2.24, 2.45) is 0 Å². The number of benzene rings is 1. The number of fused-ring (bicyclic) bond motifs is 1. The molecule has 0 aliphatic carbocycles. The van der Waals surface area contributed by atoms with Crippen LogP contribution in [0.25, 0.3) is 10.9 Å². The Kier molecular flexibility index (Phi) is 2.88. The lowest BCUT2D eigenvalue weighted by Crippen LogP contribution is -2.11. The molecule has 0 spiro atoms. The van der Waals surface area contributed by atoms with Crippen molar-refractivity contribution < 1.29 is 14.6 Å². The van der Waals surface area contributed by atoms with Gasteiger partial charge < -0.3 is 9.84 Å². The van der Waals surface area contributed by atoms with Crippen LogP contribution in [0.3, 0.4) is 0 Å². The molecule has 2 aromatic rings. The average molecular weight is 228 g/mol. The molecule has 0 atom stereocenters. The van der Waals surface area contributed by atoms with Crippen molar-refractivity contribution in [2.45, 2.75) is 0 Å². The molecule has 5 heteroatoms. The SMILES string of the molecule is N#Cc1cc2ccccc2nc1OCC(=O)O. The minimum absolute atomic E-state index is 0.0496. The van der Waals surface area contributed by atoms with Gasteiger partial charge >= 0.3 is 5.97 Å². The molecule has 17 heavy (non-hydrogen) atoms. The van der Waals surface area contributed by atoms with Crippen LogP contribution in [0.2, 0.25) is 0 Å². The summed E-state index contributed by atoms with van der Waals surface area (Å²) in [5.41, 5.74) is 0.886. The van der Waals surface area contributed by atoms with Gasteiger partial charge in [-0.1, -0.05) is 18.2 Å². The highest BCUT2D eigenvalue weighted by atomic mass is 16.5. The van der Waals surface area contributed by atoms with Crippen LogP contribution in [0.1, 0.15) is 5.56 Å². The normalized spacial score (nSPS) is 9.82. The standard InChI is InChI=1S/C12H8N2O3/c13-6-9-5-8-3-1-2-4-10(8)14-12(9)17-7-11(15)16/h1-5H,7H2,(H,15,16). The second-order valence-electron chi connectivity index (χ2n) is 3.33. The lowest BCUT2D eigenvalue weighted by molar-refractivity contribution is -0.139. The summed E-state index contributed by atoms with van der Waals surface area (Å²) < 4.78 is 4.96. The van der Waals surface area contributed by atoms with Crippen LogP contribution in [0.4, 0.5) is 0 Å². The van der Waals surface area contributed by atoms with Crippen LogP contribution in [0.5, 0.6) is 5.88 Å². The highest BCUT2D eigenvalue weighted by Gasteiger charge is 2.09. The van der Waals surface area contributed by atoms with Crippen molar-refractivity contribution in [3.63, 3.8) is 0 Å². The predicted molar refractivity (Wildman–Crippen MR) is 59.6 cm³/mol. The maximum absolute atomic E-state index is 10.4. The zero-order chi connectivity index (χ0) is 12.3. The van der Waals surface area contributed by atoms with Crippen LogP contribution < -0.4 is 4.74 Å². The van der Waals surface area contributed by atoms with Crippen molar-refractivity contribution in [1.29, 1.82) is 5.26 Å². The smallest absolute Gasteiger partial charge is 0.341 e. The number of aliphatic carboxylic acids is 1. The van der Waals surface area contributed by atoms with Gasteiger partial charge in [0, 0.05) is 5.39 Å². The Hall–Kier alpha value is -2.61. The Morgan fingerprint density at radius 1 is 1.47 bits per heavy atom. The summed E-state index contributed by atoms with van der Waals surface area (Å²) in [5, 5.41) is 18.3. The molecule has 0 aliphatic rings. The van der Waals surface area contributed by atoms with E-state index >= 15 is 0 Å². The number of hydrogen-bond acceptors (Lipinski definition) is 4. The van der Waals surface area contributed by atoms with Gasteiger partial charge in [0.1, 0.15) is 11.6 Å². The molecule has 0 unspecified atom stereocenters. The molecule has 84 valence electrons. The maximum Gasteiger partial charge on any atom is 0.341 e. The van der Waals surface area contributed by atoms with E-state index in [4.69, 9.17) is 15.1 Å². The molecule has 0 saturated carbocycles. The van der Waals surface area contributed by atoms with Gasteiger partial charge in [-0.15, -0.1) is 0 Å².